The van der Waals surface area contributed by atoms with Crippen LogP contribution in [0.15, 0.2) is 53.4 Å². The first-order valence-corrected chi connectivity index (χ1v) is 10.7. The summed E-state index contributed by atoms with van der Waals surface area (Å²) in [7, 11) is -3.63. The highest BCUT2D eigenvalue weighted by atomic mass is 32.2. The molecule has 1 aliphatic rings. The normalized spacial score (nSPS) is 15.8. The van der Waals surface area contributed by atoms with Crippen molar-refractivity contribution in [2.45, 2.75) is 50.0 Å². The Hall–Kier alpha value is -2.18. The molecular weight excluding hydrogens is 360 g/mol. The topological polar surface area (TPSA) is 75.3 Å². The fourth-order valence-electron chi connectivity index (χ4n) is 3.48. The lowest BCUT2D eigenvalue weighted by Crippen LogP contribution is -2.51. The summed E-state index contributed by atoms with van der Waals surface area (Å²) < 4.78 is 27.6. The van der Waals surface area contributed by atoms with Crippen molar-refractivity contribution in [1.29, 1.82) is 0 Å². The SMILES string of the molecule is Cc1ccc(C)c(S(=O)(=O)NCCC(=O)NC2(c3ccccc3)CCC2)c1. The molecule has 6 heteroatoms. The Balaban J connectivity index is 1.59. The van der Waals surface area contributed by atoms with Gasteiger partial charge >= 0.3 is 0 Å². The van der Waals surface area contributed by atoms with E-state index < -0.39 is 10.0 Å². The maximum atomic E-state index is 12.5. The first-order chi connectivity index (χ1) is 12.8. The lowest BCUT2D eigenvalue weighted by molar-refractivity contribution is -0.124. The number of nitrogens with one attached hydrogen (secondary N) is 2. The second-order valence-electron chi connectivity index (χ2n) is 7.27. The Labute approximate surface area is 161 Å². The molecular formula is C21H26N2O3S. The van der Waals surface area contributed by atoms with Gasteiger partial charge in [-0.3, -0.25) is 4.79 Å². The molecule has 0 aliphatic heterocycles. The van der Waals surface area contributed by atoms with Gasteiger partial charge in [0.05, 0.1) is 10.4 Å². The van der Waals surface area contributed by atoms with Gasteiger partial charge in [-0.2, -0.15) is 0 Å². The van der Waals surface area contributed by atoms with E-state index in [4.69, 9.17) is 0 Å². The summed E-state index contributed by atoms with van der Waals surface area (Å²) in [5.41, 5.74) is 2.38. The van der Waals surface area contributed by atoms with Crippen molar-refractivity contribution in [3.05, 3.63) is 65.2 Å². The smallest absolute Gasteiger partial charge is 0.240 e. The van der Waals surface area contributed by atoms with Crippen LogP contribution in [0.1, 0.15) is 42.4 Å². The highest BCUT2D eigenvalue weighted by molar-refractivity contribution is 7.89. The summed E-state index contributed by atoms with van der Waals surface area (Å²) in [6.07, 6.45) is 3.01. The van der Waals surface area contributed by atoms with Gasteiger partial charge in [0.2, 0.25) is 15.9 Å². The predicted octanol–water partition coefficient (Wildman–Crippen LogP) is 3.17. The van der Waals surface area contributed by atoms with E-state index in [9.17, 15) is 13.2 Å². The van der Waals surface area contributed by atoms with Crippen molar-refractivity contribution >= 4 is 15.9 Å². The minimum Gasteiger partial charge on any atom is -0.347 e. The second kappa shape index (κ2) is 7.82. The average Bonchev–Trinajstić information content (AvgIpc) is 2.60. The fraction of sp³-hybridized carbons (Fsp3) is 0.381. The van der Waals surface area contributed by atoms with Gasteiger partial charge < -0.3 is 5.32 Å². The molecule has 5 nitrogen and oxygen atoms in total. The van der Waals surface area contributed by atoms with E-state index >= 15 is 0 Å². The summed E-state index contributed by atoms with van der Waals surface area (Å²) in [6, 6.07) is 15.3. The molecule has 0 atom stereocenters. The van der Waals surface area contributed by atoms with Crippen LogP contribution in [0.5, 0.6) is 0 Å². The molecule has 0 unspecified atom stereocenters. The van der Waals surface area contributed by atoms with E-state index in [-0.39, 0.29) is 29.3 Å². The van der Waals surface area contributed by atoms with E-state index in [2.05, 4.69) is 10.0 Å². The first kappa shape index (κ1) is 19.6. The number of carbonyl (C=O) groups excluding carboxylic acids is 1. The van der Waals surface area contributed by atoms with E-state index in [0.29, 0.717) is 5.56 Å². The van der Waals surface area contributed by atoms with E-state index in [1.54, 1.807) is 19.1 Å². The molecule has 0 radical (unpaired) electrons. The molecule has 0 bridgehead atoms. The van der Waals surface area contributed by atoms with Crippen LogP contribution < -0.4 is 10.0 Å². The summed E-state index contributed by atoms with van der Waals surface area (Å²) >= 11 is 0. The van der Waals surface area contributed by atoms with Crippen molar-refractivity contribution in [3.8, 4) is 0 Å². The number of benzene rings is 2. The van der Waals surface area contributed by atoms with Crippen LogP contribution in [0.4, 0.5) is 0 Å². The van der Waals surface area contributed by atoms with Crippen LogP contribution in [-0.2, 0) is 20.4 Å². The highest BCUT2D eigenvalue weighted by Crippen LogP contribution is 2.41. The van der Waals surface area contributed by atoms with Crippen molar-refractivity contribution in [1.82, 2.24) is 10.0 Å². The molecule has 1 fully saturated rings. The van der Waals surface area contributed by atoms with Gasteiger partial charge in [-0.25, -0.2) is 13.1 Å². The molecule has 27 heavy (non-hydrogen) atoms. The van der Waals surface area contributed by atoms with Crippen LogP contribution in [-0.4, -0.2) is 20.9 Å². The zero-order chi connectivity index (χ0) is 19.5. The molecule has 0 saturated heterocycles. The fourth-order valence-corrected chi connectivity index (χ4v) is 4.84. The van der Waals surface area contributed by atoms with Crippen molar-refractivity contribution in [2.75, 3.05) is 6.54 Å². The minimum atomic E-state index is -3.63. The summed E-state index contributed by atoms with van der Waals surface area (Å²) in [5.74, 6) is -0.137. The molecule has 2 aromatic carbocycles. The quantitative estimate of drug-likeness (QED) is 0.767. The monoisotopic (exact) mass is 386 g/mol. The molecule has 1 saturated carbocycles. The zero-order valence-electron chi connectivity index (χ0n) is 15.8. The molecule has 2 aromatic rings. The van der Waals surface area contributed by atoms with Gasteiger partial charge in [-0.1, -0.05) is 42.5 Å². The van der Waals surface area contributed by atoms with Crippen LogP contribution in [0.2, 0.25) is 0 Å². The van der Waals surface area contributed by atoms with Crippen molar-refractivity contribution in [3.63, 3.8) is 0 Å². The molecule has 0 aromatic heterocycles. The van der Waals surface area contributed by atoms with Crippen molar-refractivity contribution in [2.24, 2.45) is 0 Å². The second-order valence-corrected chi connectivity index (χ2v) is 9.00. The van der Waals surface area contributed by atoms with Crippen LogP contribution in [0.3, 0.4) is 0 Å². The Morgan fingerprint density at radius 1 is 1.07 bits per heavy atom. The van der Waals surface area contributed by atoms with Gasteiger partial charge in [-0.05, 0) is 55.9 Å². The number of hydrogen-bond donors (Lipinski definition) is 2. The molecule has 2 N–H and O–H groups in total. The molecule has 3 rings (SSSR count). The summed E-state index contributed by atoms with van der Waals surface area (Å²) in [6.45, 7) is 3.70. The molecule has 1 aliphatic carbocycles. The number of rotatable bonds is 7. The summed E-state index contributed by atoms with van der Waals surface area (Å²) in [4.78, 5) is 12.7. The Morgan fingerprint density at radius 3 is 2.41 bits per heavy atom. The molecule has 0 heterocycles. The largest absolute Gasteiger partial charge is 0.347 e. The third kappa shape index (κ3) is 4.39. The third-order valence-electron chi connectivity index (χ3n) is 5.19. The predicted molar refractivity (Wildman–Crippen MR) is 106 cm³/mol. The van der Waals surface area contributed by atoms with Gasteiger partial charge in [-0.15, -0.1) is 0 Å². The van der Waals surface area contributed by atoms with Crippen molar-refractivity contribution < 1.29 is 13.2 Å². The van der Waals surface area contributed by atoms with Gasteiger partial charge in [0, 0.05) is 13.0 Å². The van der Waals surface area contributed by atoms with Gasteiger partial charge in [0.15, 0.2) is 0 Å². The van der Waals surface area contributed by atoms with Gasteiger partial charge in [0.25, 0.3) is 0 Å². The number of hydrogen-bond acceptors (Lipinski definition) is 3. The van der Waals surface area contributed by atoms with Crippen LogP contribution in [0.25, 0.3) is 0 Å². The molecule has 144 valence electrons. The van der Waals surface area contributed by atoms with E-state index in [0.717, 1.165) is 30.4 Å². The molecule has 0 spiro atoms. The van der Waals surface area contributed by atoms with E-state index in [1.807, 2.05) is 43.3 Å². The lowest BCUT2D eigenvalue weighted by atomic mass is 9.71. The number of amides is 1. The zero-order valence-corrected chi connectivity index (χ0v) is 16.6. The average molecular weight is 387 g/mol. The minimum absolute atomic E-state index is 0.0758. The van der Waals surface area contributed by atoms with E-state index in [1.165, 1.54) is 0 Å². The Bertz CT molecular complexity index is 920. The number of carbonyl (C=O) groups is 1. The van der Waals surface area contributed by atoms with Gasteiger partial charge in [0.1, 0.15) is 0 Å². The Kier molecular flexibility index (Phi) is 5.67. The number of sulfonamides is 1. The summed E-state index contributed by atoms with van der Waals surface area (Å²) in [5, 5.41) is 3.12. The van der Waals surface area contributed by atoms with Crippen LogP contribution >= 0.6 is 0 Å². The highest BCUT2D eigenvalue weighted by Gasteiger charge is 2.39. The standard InChI is InChI=1S/C21H26N2O3S/c1-16-9-10-17(2)19(15-16)27(25,26)22-14-11-20(24)23-21(12-6-13-21)18-7-4-3-5-8-18/h3-5,7-10,15,22H,6,11-14H2,1-2H3,(H,23,24). The maximum absolute atomic E-state index is 12.5. The maximum Gasteiger partial charge on any atom is 0.240 e. The third-order valence-corrected chi connectivity index (χ3v) is 6.79. The Morgan fingerprint density at radius 2 is 1.78 bits per heavy atom. The molecule has 1 amide bonds. The number of aryl methyl sites for hydroxylation is 2. The first-order valence-electron chi connectivity index (χ1n) is 9.26. The lowest BCUT2D eigenvalue weighted by Gasteiger charge is -2.43. The van der Waals surface area contributed by atoms with Crippen LogP contribution in [0, 0.1) is 13.8 Å².